The van der Waals surface area contributed by atoms with E-state index in [1.54, 1.807) is 6.20 Å². The Kier molecular flexibility index (Phi) is 0.154. The fourth-order valence-electron chi connectivity index (χ4n) is 0.0722. The van der Waals surface area contributed by atoms with E-state index in [1.807, 2.05) is 0 Å². The second kappa shape index (κ2) is 0.377. The first kappa shape index (κ1) is 1.64. The average Bonchev–Trinajstić information content (AvgIpc) is 0.722. The molecule has 0 saturated carbocycles. The highest BCUT2D eigenvalue weighted by molar-refractivity contribution is 4.55. The predicted octanol–water partition coefficient (Wildman–Crippen LogP) is 0.143. The standard InChI is InChI=1S/C2H3N2/c1-2-4-3-1/h1,3-4H. The van der Waals surface area contributed by atoms with E-state index in [4.69, 9.17) is 0 Å². The van der Waals surface area contributed by atoms with Crippen molar-refractivity contribution in [2.75, 3.05) is 0 Å². The third-order valence-corrected chi connectivity index (χ3v) is 0.289. The molecule has 21 valence electrons. The lowest BCUT2D eigenvalue weighted by atomic mass is 10.9. The van der Waals surface area contributed by atoms with E-state index in [9.17, 15) is 0 Å². The summed E-state index contributed by atoms with van der Waals surface area (Å²) in [4.78, 5) is 0. The maximum absolute atomic E-state index is 2.62. The monoisotopic (exact) mass is 55.0 g/mol. The second-order valence-electron chi connectivity index (χ2n) is 0.558. The summed E-state index contributed by atoms with van der Waals surface area (Å²) >= 11 is 0. The van der Waals surface area contributed by atoms with Crippen LogP contribution in [-0.4, -0.2) is 10.2 Å². The van der Waals surface area contributed by atoms with Gasteiger partial charge in [-0.25, -0.2) is 0 Å². The van der Waals surface area contributed by atoms with Crippen molar-refractivity contribution < 1.29 is 0 Å². The van der Waals surface area contributed by atoms with Gasteiger partial charge in [0, 0.05) is 6.20 Å². The van der Waals surface area contributed by atoms with Gasteiger partial charge in [0.1, 0.15) is 0 Å². The Morgan fingerprint density at radius 3 is 2.00 bits per heavy atom. The van der Waals surface area contributed by atoms with Gasteiger partial charge in [-0.2, -0.15) is 0 Å². The van der Waals surface area contributed by atoms with Gasteiger partial charge >= 0.3 is 0 Å². The van der Waals surface area contributed by atoms with Crippen LogP contribution in [0.25, 0.3) is 0 Å². The predicted molar refractivity (Wildman–Crippen MR) is 14.0 cm³/mol. The van der Waals surface area contributed by atoms with Crippen molar-refractivity contribution in [3.05, 3.63) is 12.4 Å². The molecule has 1 aromatic heterocycles. The fourth-order valence-corrected chi connectivity index (χ4v) is 0.0722. The molecule has 0 aliphatic rings. The average molecular weight is 55.1 g/mol. The maximum Gasteiger partial charge on any atom is 0.0980 e. The molecule has 2 heteroatoms. The normalized spacial score (nSPS) is 8.00. The summed E-state index contributed by atoms with van der Waals surface area (Å²) in [6.07, 6.45) is 4.32. The van der Waals surface area contributed by atoms with Crippen LogP contribution in [0, 0.1) is 6.20 Å². The van der Waals surface area contributed by atoms with Gasteiger partial charge in [-0.3, -0.25) is 5.10 Å². The highest BCUT2D eigenvalue weighted by Crippen LogP contribution is 1.56. The number of H-pyrrole nitrogens is 2. The molecule has 1 rings (SSSR count). The van der Waals surface area contributed by atoms with Gasteiger partial charge < -0.3 is 5.10 Å². The molecule has 1 aromatic rings. The lowest BCUT2D eigenvalue weighted by molar-refractivity contribution is 0.950. The third kappa shape index (κ3) is 0.0139. The molecular weight excluding hydrogens is 52.0 g/mol. The molecule has 1 radical (unpaired) electrons. The number of aromatic nitrogens is 2. The van der Waals surface area contributed by atoms with Gasteiger partial charge in [0.25, 0.3) is 0 Å². The van der Waals surface area contributed by atoms with Crippen LogP contribution in [0.3, 0.4) is 0 Å². The summed E-state index contributed by atoms with van der Waals surface area (Å²) in [5.41, 5.74) is 0. The van der Waals surface area contributed by atoms with Crippen molar-refractivity contribution in [1.29, 1.82) is 0 Å². The molecule has 0 spiro atoms. The van der Waals surface area contributed by atoms with Gasteiger partial charge in [0.15, 0.2) is 0 Å². The van der Waals surface area contributed by atoms with E-state index >= 15 is 0 Å². The fraction of sp³-hybridized carbons (Fsp3) is 0. The topological polar surface area (TPSA) is 31.6 Å². The Labute approximate surface area is 23.8 Å². The van der Waals surface area contributed by atoms with Gasteiger partial charge in [-0.05, 0) is 0 Å². The minimum absolute atomic E-state index is 1.69. The van der Waals surface area contributed by atoms with Crippen LogP contribution in [0.4, 0.5) is 0 Å². The molecule has 0 unspecified atom stereocenters. The minimum atomic E-state index is 1.69. The smallest absolute Gasteiger partial charge is 0.0980 e. The Balaban J connectivity index is 3.00. The molecule has 0 saturated heterocycles. The van der Waals surface area contributed by atoms with E-state index in [-0.39, 0.29) is 0 Å². The zero-order valence-corrected chi connectivity index (χ0v) is 2.08. The molecule has 0 aromatic carbocycles. The number of rotatable bonds is 0. The largest absolute Gasteiger partial charge is 0.306 e. The molecule has 0 atom stereocenters. The SMILES string of the molecule is [c]1c[nH][nH]1. The summed E-state index contributed by atoms with van der Waals surface area (Å²) in [6, 6.07) is 0. The number of hydrogen-bond donors (Lipinski definition) is 2. The maximum atomic E-state index is 2.62. The number of nitrogens with one attached hydrogen (secondary N) is 2. The van der Waals surface area contributed by atoms with Crippen molar-refractivity contribution >= 4 is 0 Å². The molecule has 2 nitrogen and oxygen atoms in total. The Hall–Kier alpha value is -0.660. The van der Waals surface area contributed by atoms with Crippen molar-refractivity contribution in [3.8, 4) is 0 Å². The molecule has 0 amide bonds. The second-order valence-corrected chi connectivity index (χ2v) is 0.558. The summed E-state index contributed by atoms with van der Waals surface area (Å²) in [5, 5.41) is 5.18. The first-order valence-corrected chi connectivity index (χ1v) is 1.08. The molecule has 1 heterocycles. The summed E-state index contributed by atoms with van der Waals surface area (Å²) in [6.45, 7) is 0. The van der Waals surface area contributed by atoms with E-state index in [0.29, 0.717) is 0 Å². The van der Waals surface area contributed by atoms with E-state index in [1.165, 1.54) is 0 Å². The van der Waals surface area contributed by atoms with Crippen molar-refractivity contribution in [2.45, 2.75) is 0 Å². The Bertz CT molecular complexity index is 45.8. The Morgan fingerprint density at radius 1 is 1.75 bits per heavy atom. The van der Waals surface area contributed by atoms with Crippen molar-refractivity contribution in [1.82, 2.24) is 10.2 Å². The summed E-state index contributed by atoms with van der Waals surface area (Å²) in [5.74, 6) is 0. The first-order valence-electron chi connectivity index (χ1n) is 1.08. The molecule has 0 bridgehead atoms. The van der Waals surface area contributed by atoms with Crippen LogP contribution in [0.1, 0.15) is 0 Å². The van der Waals surface area contributed by atoms with Gasteiger partial charge in [-0.1, -0.05) is 0 Å². The first-order chi connectivity index (χ1) is 2.00. The highest BCUT2D eigenvalue weighted by Gasteiger charge is 1.54. The van der Waals surface area contributed by atoms with E-state index < -0.39 is 0 Å². The zero-order chi connectivity index (χ0) is 2.83. The zero-order valence-electron chi connectivity index (χ0n) is 2.08. The van der Waals surface area contributed by atoms with E-state index in [0.717, 1.165) is 0 Å². The van der Waals surface area contributed by atoms with Crippen LogP contribution in [0.2, 0.25) is 0 Å². The van der Waals surface area contributed by atoms with E-state index in [2.05, 4.69) is 16.4 Å². The minimum Gasteiger partial charge on any atom is -0.306 e. The van der Waals surface area contributed by atoms with Gasteiger partial charge in [-0.15, -0.1) is 0 Å². The molecule has 2 N–H and O–H groups in total. The lowest BCUT2D eigenvalue weighted by Gasteiger charge is -1.77. The number of hydrogen-bond acceptors (Lipinski definition) is 0. The van der Waals surface area contributed by atoms with Crippen LogP contribution < -0.4 is 0 Å². The number of aromatic amines is 2. The molecule has 4 heavy (non-hydrogen) atoms. The molecular formula is C2H3N2. The van der Waals surface area contributed by atoms with Gasteiger partial charge in [0.05, 0.1) is 6.20 Å². The molecule has 0 aliphatic heterocycles. The van der Waals surface area contributed by atoms with Crippen LogP contribution >= 0.6 is 0 Å². The van der Waals surface area contributed by atoms with Crippen LogP contribution in [-0.2, 0) is 0 Å². The van der Waals surface area contributed by atoms with Crippen LogP contribution in [0.15, 0.2) is 6.20 Å². The Morgan fingerprint density at radius 2 is 2.00 bits per heavy atom. The van der Waals surface area contributed by atoms with Crippen molar-refractivity contribution in [3.63, 3.8) is 0 Å². The highest BCUT2D eigenvalue weighted by atomic mass is 15.1. The third-order valence-electron chi connectivity index (χ3n) is 0.289. The van der Waals surface area contributed by atoms with Crippen LogP contribution in [0.5, 0.6) is 0 Å². The molecule has 0 aliphatic carbocycles. The van der Waals surface area contributed by atoms with Gasteiger partial charge in [0.2, 0.25) is 0 Å². The van der Waals surface area contributed by atoms with Crippen molar-refractivity contribution in [2.24, 2.45) is 0 Å². The quantitative estimate of drug-likeness (QED) is 0.423. The summed E-state index contributed by atoms with van der Waals surface area (Å²) < 4.78 is 0. The molecule has 0 fully saturated rings. The lowest BCUT2D eigenvalue weighted by Crippen LogP contribution is -1.76. The summed E-state index contributed by atoms with van der Waals surface area (Å²) in [7, 11) is 0.